The molecule has 0 bridgehead atoms. The SMILES string of the molecule is Cl.Nc1cc(-c2c(O)cc(O)cc2Oc2ccc([N+](=O)[O-])cc2)on1. The Balaban J connectivity index is 0.00000225. The zero-order chi connectivity index (χ0) is 17.3. The maximum atomic E-state index is 10.7. The molecule has 1 heterocycles. The normalized spacial score (nSPS) is 10.1. The summed E-state index contributed by atoms with van der Waals surface area (Å²) in [6.07, 6.45) is 0. The predicted octanol–water partition coefficient (Wildman–Crippen LogP) is 3.46. The number of nitro groups is 1. The molecule has 0 saturated heterocycles. The first kappa shape index (κ1) is 17.9. The lowest BCUT2D eigenvalue weighted by Crippen LogP contribution is -1.90. The van der Waals surface area contributed by atoms with Gasteiger partial charge in [0.2, 0.25) is 0 Å². The van der Waals surface area contributed by atoms with Gasteiger partial charge in [-0.05, 0) is 12.1 Å². The first-order valence-electron chi connectivity index (χ1n) is 6.65. The molecule has 3 aromatic rings. The van der Waals surface area contributed by atoms with E-state index in [0.29, 0.717) is 0 Å². The monoisotopic (exact) mass is 365 g/mol. The van der Waals surface area contributed by atoms with E-state index >= 15 is 0 Å². The number of nitro benzene ring substituents is 1. The summed E-state index contributed by atoms with van der Waals surface area (Å²) < 4.78 is 10.6. The molecule has 0 aliphatic heterocycles. The van der Waals surface area contributed by atoms with Crippen molar-refractivity contribution < 1.29 is 24.4 Å². The van der Waals surface area contributed by atoms with Crippen molar-refractivity contribution in [1.29, 1.82) is 0 Å². The summed E-state index contributed by atoms with van der Waals surface area (Å²) in [5, 5.41) is 33.9. The van der Waals surface area contributed by atoms with E-state index in [-0.39, 0.29) is 58.2 Å². The molecule has 0 saturated carbocycles. The molecule has 2 aromatic carbocycles. The summed E-state index contributed by atoms with van der Waals surface area (Å²) in [4.78, 5) is 10.1. The third-order valence-corrected chi connectivity index (χ3v) is 3.12. The van der Waals surface area contributed by atoms with Gasteiger partial charge >= 0.3 is 0 Å². The molecular formula is C15H12ClN3O6. The smallest absolute Gasteiger partial charge is 0.269 e. The number of nitrogen functional groups attached to an aromatic ring is 1. The van der Waals surface area contributed by atoms with Gasteiger partial charge in [0.15, 0.2) is 11.6 Å². The Morgan fingerprint density at radius 3 is 2.40 bits per heavy atom. The van der Waals surface area contributed by atoms with Crippen molar-refractivity contribution in [2.24, 2.45) is 0 Å². The van der Waals surface area contributed by atoms with Gasteiger partial charge in [-0.25, -0.2) is 0 Å². The third-order valence-electron chi connectivity index (χ3n) is 3.12. The maximum absolute atomic E-state index is 10.7. The zero-order valence-corrected chi connectivity index (χ0v) is 13.3. The standard InChI is InChI=1S/C15H11N3O6.ClH/c16-14-7-13(24-17-14)15-11(20)5-9(19)6-12(15)23-10-3-1-8(2-4-10)18(21)22;/h1-7,19-20H,(H2,16,17);1H. The van der Waals surface area contributed by atoms with Crippen molar-refractivity contribution in [3.8, 4) is 34.3 Å². The second kappa shape index (κ2) is 6.97. The Kier molecular flexibility index (Phi) is 4.99. The first-order chi connectivity index (χ1) is 11.4. The number of halogens is 1. The topological polar surface area (TPSA) is 145 Å². The Morgan fingerprint density at radius 2 is 1.84 bits per heavy atom. The van der Waals surface area contributed by atoms with E-state index in [9.17, 15) is 20.3 Å². The summed E-state index contributed by atoms with van der Waals surface area (Å²) in [7, 11) is 0. The number of ether oxygens (including phenoxy) is 1. The molecule has 0 spiro atoms. The van der Waals surface area contributed by atoms with Crippen molar-refractivity contribution >= 4 is 23.9 Å². The minimum absolute atomic E-state index is 0. The van der Waals surface area contributed by atoms with Crippen LogP contribution in [0.4, 0.5) is 11.5 Å². The van der Waals surface area contributed by atoms with E-state index in [4.69, 9.17) is 15.0 Å². The molecule has 0 unspecified atom stereocenters. The summed E-state index contributed by atoms with van der Waals surface area (Å²) in [5.74, 6) is 0.0428. The Hall–Kier alpha value is -3.46. The fourth-order valence-corrected chi connectivity index (χ4v) is 2.08. The number of hydrogen-bond acceptors (Lipinski definition) is 8. The van der Waals surface area contributed by atoms with Crippen LogP contribution in [0.2, 0.25) is 0 Å². The second-order valence-corrected chi connectivity index (χ2v) is 4.81. The van der Waals surface area contributed by atoms with Crippen molar-refractivity contribution in [3.63, 3.8) is 0 Å². The lowest BCUT2D eigenvalue weighted by atomic mass is 10.1. The van der Waals surface area contributed by atoms with Crippen LogP contribution in [0.15, 0.2) is 47.0 Å². The largest absolute Gasteiger partial charge is 0.508 e. The molecule has 0 aliphatic carbocycles. The molecule has 0 aliphatic rings. The molecule has 0 atom stereocenters. The third kappa shape index (κ3) is 3.72. The van der Waals surface area contributed by atoms with Crippen molar-refractivity contribution in [3.05, 3.63) is 52.6 Å². The maximum Gasteiger partial charge on any atom is 0.269 e. The van der Waals surface area contributed by atoms with Gasteiger partial charge in [-0.2, -0.15) is 0 Å². The van der Waals surface area contributed by atoms with Crippen LogP contribution in [-0.2, 0) is 0 Å². The van der Waals surface area contributed by atoms with Gasteiger partial charge in [0.25, 0.3) is 5.69 Å². The van der Waals surface area contributed by atoms with Crippen LogP contribution in [0, 0.1) is 10.1 Å². The molecule has 0 fully saturated rings. The Morgan fingerprint density at radius 1 is 1.16 bits per heavy atom. The highest BCUT2D eigenvalue weighted by Crippen LogP contribution is 2.43. The summed E-state index contributed by atoms with van der Waals surface area (Å²) in [6, 6.07) is 9.06. The zero-order valence-electron chi connectivity index (χ0n) is 12.4. The van der Waals surface area contributed by atoms with Gasteiger partial charge in [0, 0.05) is 30.3 Å². The molecule has 130 valence electrons. The van der Waals surface area contributed by atoms with E-state index < -0.39 is 4.92 Å². The van der Waals surface area contributed by atoms with Gasteiger partial charge in [-0.1, -0.05) is 5.16 Å². The minimum atomic E-state index is -0.535. The van der Waals surface area contributed by atoms with Crippen LogP contribution in [0.5, 0.6) is 23.0 Å². The van der Waals surface area contributed by atoms with E-state index in [1.165, 1.54) is 36.4 Å². The van der Waals surface area contributed by atoms with E-state index in [2.05, 4.69) is 5.16 Å². The highest BCUT2D eigenvalue weighted by molar-refractivity contribution is 5.85. The quantitative estimate of drug-likeness (QED) is 0.470. The van der Waals surface area contributed by atoms with Crippen molar-refractivity contribution in [1.82, 2.24) is 5.16 Å². The molecule has 10 heteroatoms. The number of nitrogens with two attached hydrogens (primary N) is 1. The average molecular weight is 366 g/mol. The molecule has 1 aromatic heterocycles. The van der Waals surface area contributed by atoms with Crippen LogP contribution < -0.4 is 10.5 Å². The highest BCUT2D eigenvalue weighted by atomic mass is 35.5. The number of aromatic hydroxyl groups is 2. The lowest BCUT2D eigenvalue weighted by molar-refractivity contribution is -0.384. The van der Waals surface area contributed by atoms with E-state index in [1.54, 1.807) is 0 Å². The first-order valence-corrected chi connectivity index (χ1v) is 6.65. The molecule has 4 N–H and O–H groups in total. The highest BCUT2D eigenvalue weighted by Gasteiger charge is 2.19. The van der Waals surface area contributed by atoms with Crippen LogP contribution in [0.25, 0.3) is 11.3 Å². The summed E-state index contributed by atoms with van der Waals surface area (Å²) in [6.45, 7) is 0. The van der Waals surface area contributed by atoms with Crippen LogP contribution in [-0.4, -0.2) is 20.3 Å². The number of nitrogens with zero attached hydrogens (tertiary/aromatic N) is 2. The van der Waals surface area contributed by atoms with Gasteiger partial charge < -0.3 is 25.2 Å². The molecule has 25 heavy (non-hydrogen) atoms. The number of anilines is 1. The minimum Gasteiger partial charge on any atom is -0.508 e. The number of aromatic nitrogens is 1. The lowest BCUT2D eigenvalue weighted by Gasteiger charge is -2.11. The molecule has 3 rings (SSSR count). The predicted molar refractivity (Wildman–Crippen MR) is 90.1 cm³/mol. The van der Waals surface area contributed by atoms with Gasteiger partial charge in [0.05, 0.1) is 4.92 Å². The number of benzene rings is 2. The van der Waals surface area contributed by atoms with E-state index in [1.807, 2.05) is 0 Å². The van der Waals surface area contributed by atoms with Gasteiger partial charge in [-0.15, -0.1) is 12.4 Å². The van der Waals surface area contributed by atoms with Gasteiger partial charge in [-0.3, -0.25) is 10.1 Å². The van der Waals surface area contributed by atoms with Crippen molar-refractivity contribution in [2.45, 2.75) is 0 Å². The van der Waals surface area contributed by atoms with Crippen LogP contribution in [0.1, 0.15) is 0 Å². The van der Waals surface area contributed by atoms with Crippen molar-refractivity contribution in [2.75, 3.05) is 5.73 Å². The molecular weight excluding hydrogens is 354 g/mol. The number of hydrogen-bond donors (Lipinski definition) is 3. The number of rotatable bonds is 4. The molecule has 0 radical (unpaired) electrons. The summed E-state index contributed by atoms with van der Waals surface area (Å²) >= 11 is 0. The fourth-order valence-electron chi connectivity index (χ4n) is 2.08. The fraction of sp³-hybridized carbons (Fsp3) is 0. The number of non-ortho nitro benzene ring substituents is 1. The summed E-state index contributed by atoms with van der Waals surface area (Å²) in [5.41, 5.74) is 5.54. The van der Waals surface area contributed by atoms with Crippen LogP contribution >= 0.6 is 12.4 Å². The van der Waals surface area contributed by atoms with Crippen LogP contribution in [0.3, 0.4) is 0 Å². The Bertz CT molecular complexity index is 910. The van der Waals surface area contributed by atoms with Gasteiger partial charge in [0.1, 0.15) is 28.6 Å². The number of phenols is 2. The molecule has 0 amide bonds. The van der Waals surface area contributed by atoms with E-state index in [0.717, 1.165) is 6.07 Å². The average Bonchev–Trinajstić information content (AvgIpc) is 2.93. The second-order valence-electron chi connectivity index (χ2n) is 4.81. The molecule has 9 nitrogen and oxygen atoms in total. The Labute approximate surface area is 146 Å². The number of phenolic OH excluding ortho intramolecular Hbond substituents is 2.